The molecule has 1 aliphatic rings. The van der Waals surface area contributed by atoms with Crippen molar-refractivity contribution in [1.29, 1.82) is 5.26 Å². The van der Waals surface area contributed by atoms with Crippen LogP contribution in [0.15, 0.2) is 29.2 Å². The molecule has 0 radical (unpaired) electrons. The maximum Gasteiger partial charge on any atom is 0.240 e. The molecule has 0 aromatic heterocycles. The van der Waals surface area contributed by atoms with Crippen LogP contribution in [0.25, 0.3) is 0 Å². The Kier molecular flexibility index (Phi) is 4.53. The fraction of sp³-hybridized carbons (Fsp3) is 0.462. The third-order valence-electron chi connectivity index (χ3n) is 3.06. The van der Waals surface area contributed by atoms with Gasteiger partial charge in [0.15, 0.2) is 0 Å². The molecule has 1 aliphatic heterocycles. The molecule has 0 aliphatic carbocycles. The van der Waals surface area contributed by atoms with Crippen LogP contribution in [0.3, 0.4) is 0 Å². The Labute approximate surface area is 113 Å². The van der Waals surface area contributed by atoms with E-state index in [9.17, 15) is 8.42 Å². The van der Waals surface area contributed by atoms with Gasteiger partial charge in [-0.3, -0.25) is 0 Å². The molecule has 0 amide bonds. The zero-order chi connectivity index (χ0) is 13.7. The molecule has 19 heavy (non-hydrogen) atoms. The number of benzene rings is 1. The summed E-state index contributed by atoms with van der Waals surface area (Å²) in [5.41, 5.74) is 0.335. The number of rotatable bonds is 5. The van der Waals surface area contributed by atoms with Gasteiger partial charge in [0.05, 0.1) is 22.6 Å². The lowest BCUT2D eigenvalue weighted by Crippen LogP contribution is -2.27. The van der Waals surface area contributed by atoms with Gasteiger partial charge in [-0.15, -0.1) is 0 Å². The fourth-order valence-electron chi connectivity index (χ4n) is 2.04. The molecular weight excluding hydrogens is 264 g/mol. The number of nitrogens with zero attached hydrogens (tertiary/aromatic N) is 1. The predicted molar refractivity (Wildman–Crippen MR) is 69.9 cm³/mol. The van der Waals surface area contributed by atoms with E-state index in [-0.39, 0.29) is 11.0 Å². The summed E-state index contributed by atoms with van der Waals surface area (Å²) in [6.07, 6.45) is 2.87. The third kappa shape index (κ3) is 3.77. The van der Waals surface area contributed by atoms with Crippen LogP contribution in [0.4, 0.5) is 0 Å². The lowest BCUT2D eigenvalue weighted by molar-refractivity contribution is 0.105. The summed E-state index contributed by atoms with van der Waals surface area (Å²) >= 11 is 0. The number of nitrogens with one attached hydrogen (secondary N) is 1. The molecule has 0 bridgehead atoms. The lowest BCUT2D eigenvalue weighted by Gasteiger charge is -2.10. The van der Waals surface area contributed by atoms with Crippen LogP contribution in [-0.2, 0) is 14.8 Å². The monoisotopic (exact) mass is 280 g/mol. The molecule has 1 atom stereocenters. The van der Waals surface area contributed by atoms with Crippen molar-refractivity contribution >= 4 is 10.0 Å². The van der Waals surface area contributed by atoms with Gasteiger partial charge in [-0.1, -0.05) is 6.07 Å². The first-order chi connectivity index (χ1) is 9.12. The summed E-state index contributed by atoms with van der Waals surface area (Å²) in [5, 5.41) is 8.77. The number of hydrogen-bond acceptors (Lipinski definition) is 4. The number of ether oxygens (including phenoxy) is 1. The van der Waals surface area contributed by atoms with Gasteiger partial charge >= 0.3 is 0 Å². The second-order valence-corrected chi connectivity index (χ2v) is 6.23. The summed E-state index contributed by atoms with van der Waals surface area (Å²) in [5.74, 6) is 0. The van der Waals surface area contributed by atoms with Crippen LogP contribution < -0.4 is 4.72 Å². The van der Waals surface area contributed by atoms with Crippen molar-refractivity contribution in [2.24, 2.45) is 0 Å². The summed E-state index contributed by atoms with van der Waals surface area (Å²) in [6.45, 7) is 1.12. The van der Waals surface area contributed by atoms with Gasteiger partial charge in [-0.25, -0.2) is 13.1 Å². The molecule has 2 rings (SSSR count). The zero-order valence-corrected chi connectivity index (χ0v) is 11.3. The minimum atomic E-state index is -3.54. The SMILES string of the molecule is N#Cc1cccc(S(=O)(=O)NCC[C@@H]2CCCO2)c1. The number of nitriles is 1. The normalized spacial score (nSPS) is 19.2. The van der Waals surface area contributed by atoms with Crippen LogP contribution in [0.2, 0.25) is 0 Å². The standard InChI is InChI=1S/C13H16N2O3S/c14-10-11-3-1-5-13(9-11)19(16,17)15-7-6-12-4-2-8-18-12/h1,3,5,9,12,15H,2,4,6-8H2/t12-/m0/s1. The maximum absolute atomic E-state index is 12.0. The molecule has 6 heteroatoms. The topological polar surface area (TPSA) is 79.2 Å². The molecule has 1 heterocycles. The fourth-order valence-corrected chi connectivity index (χ4v) is 3.14. The van der Waals surface area contributed by atoms with Crippen molar-refractivity contribution in [3.8, 4) is 6.07 Å². The zero-order valence-electron chi connectivity index (χ0n) is 10.5. The van der Waals surface area contributed by atoms with E-state index in [1.165, 1.54) is 12.1 Å². The van der Waals surface area contributed by atoms with Crippen molar-refractivity contribution in [2.75, 3.05) is 13.2 Å². The van der Waals surface area contributed by atoms with E-state index in [0.717, 1.165) is 19.4 Å². The van der Waals surface area contributed by atoms with Gasteiger partial charge in [0.2, 0.25) is 10.0 Å². The summed E-state index contributed by atoms with van der Waals surface area (Å²) in [7, 11) is -3.54. The Morgan fingerprint density at radius 1 is 1.47 bits per heavy atom. The Hall–Kier alpha value is -1.42. The minimum Gasteiger partial charge on any atom is -0.378 e. The lowest BCUT2D eigenvalue weighted by atomic mass is 10.2. The molecule has 1 fully saturated rings. The highest BCUT2D eigenvalue weighted by molar-refractivity contribution is 7.89. The first kappa shape index (κ1) is 14.0. The molecule has 1 saturated heterocycles. The van der Waals surface area contributed by atoms with Crippen molar-refractivity contribution in [3.63, 3.8) is 0 Å². The highest BCUT2D eigenvalue weighted by Crippen LogP contribution is 2.15. The van der Waals surface area contributed by atoms with E-state index in [0.29, 0.717) is 18.5 Å². The minimum absolute atomic E-state index is 0.124. The summed E-state index contributed by atoms with van der Waals surface area (Å²) in [4.78, 5) is 0.124. The number of sulfonamides is 1. The average molecular weight is 280 g/mol. The second-order valence-electron chi connectivity index (χ2n) is 4.46. The van der Waals surface area contributed by atoms with Crippen LogP contribution in [0, 0.1) is 11.3 Å². The van der Waals surface area contributed by atoms with Crippen molar-refractivity contribution in [3.05, 3.63) is 29.8 Å². The van der Waals surface area contributed by atoms with E-state index < -0.39 is 10.0 Å². The van der Waals surface area contributed by atoms with Gasteiger partial charge in [-0.2, -0.15) is 5.26 Å². The Morgan fingerprint density at radius 2 is 2.32 bits per heavy atom. The Balaban J connectivity index is 1.95. The van der Waals surface area contributed by atoms with Crippen molar-refractivity contribution in [1.82, 2.24) is 4.72 Å². The van der Waals surface area contributed by atoms with Gasteiger partial charge in [0.25, 0.3) is 0 Å². The first-order valence-electron chi connectivity index (χ1n) is 6.23. The molecule has 1 N–H and O–H groups in total. The largest absolute Gasteiger partial charge is 0.378 e. The van der Waals surface area contributed by atoms with Crippen LogP contribution >= 0.6 is 0 Å². The van der Waals surface area contributed by atoms with Crippen molar-refractivity contribution in [2.45, 2.75) is 30.3 Å². The van der Waals surface area contributed by atoms with E-state index in [2.05, 4.69) is 4.72 Å². The van der Waals surface area contributed by atoms with E-state index in [4.69, 9.17) is 10.00 Å². The summed E-state index contributed by atoms with van der Waals surface area (Å²) < 4.78 is 32.0. The van der Waals surface area contributed by atoms with E-state index >= 15 is 0 Å². The molecule has 5 nitrogen and oxygen atoms in total. The molecule has 1 aromatic carbocycles. The third-order valence-corrected chi connectivity index (χ3v) is 4.51. The van der Waals surface area contributed by atoms with Crippen LogP contribution in [-0.4, -0.2) is 27.7 Å². The molecule has 0 saturated carbocycles. The molecule has 0 unspecified atom stereocenters. The van der Waals surface area contributed by atoms with Gasteiger partial charge in [-0.05, 0) is 37.5 Å². The highest BCUT2D eigenvalue weighted by atomic mass is 32.2. The second kappa shape index (κ2) is 6.15. The van der Waals surface area contributed by atoms with E-state index in [1.54, 1.807) is 12.1 Å². The van der Waals surface area contributed by atoms with E-state index in [1.807, 2.05) is 6.07 Å². The smallest absolute Gasteiger partial charge is 0.240 e. The molecule has 0 spiro atoms. The van der Waals surface area contributed by atoms with Crippen LogP contribution in [0.5, 0.6) is 0 Å². The predicted octanol–water partition coefficient (Wildman–Crippen LogP) is 1.41. The van der Waals surface area contributed by atoms with Gasteiger partial charge < -0.3 is 4.74 Å². The number of hydrogen-bond donors (Lipinski definition) is 1. The van der Waals surface area contributed by atoms with Gasteiger partial charge in [0.1, 0.15) is 0 Å². The molecule has 102 valence electrons. The van der Waals surface area contributed by atoms with Crippen LogP contribution in [0.1, 0.15) is 24.8 Å². The quantitative estimate of drug-likeness (QED) is 0.884. The molecular formula is C13H16N2O3S. The van der Waals surface area contributed by atoms with Gasteiger partial charge in [0, 0.05) is 13.2 Å². The van der Waals surface area contributed by atoms with Crippen molar-refractivity contribution < 1.29 is 13.2 Å². The summed E-state index contributed by atoms with van der Waals surface area (Å²) in [6, 6.07) is 7.92. The average Bonchev–Trinajstić information content (AvgIpc) is 2.92. The first-order valence-corrected chi connectivity index (χ1v) is 7.71. The molecule has 1 aromatic rings. The Morgan fingerprint density at radius 3 is 3.00 bits per heavy atom. The Bertz CT molecular complexity index is 572. The highest BCUT2D eigenvalue weighted by Gasteiger charge is 2.18. The maximum atomic E-state index is 12.0.